The number of hydrogen-bond donors (Lipinski definition) is 1. The van der Waals surface area contributed by atoms with Crippen molar-refractivity contribution in [3.05, 3.63) is 108 Å². The molecule has 3 aliphatic heterocycles. The van der Waals surface area contributed by atoms with Gasteiger partial charge in [0.1, 0.15) is 35.1 Å². The average Bonchev–Trinajstić information content (AvgIpc) is 3.94. The van der Waals surface area contributed by atoms with Gasteiger partial charge in [-0.05, 0) is 81.1 Å². The summed E-state index contributed by atoms with van der Waals surface area (Å²) in [4.78, 5) is 40.7. The van der Waals surface area contributed by atoms with Gasteiger partial charge in [-0.25, -0.2) is 27.7 Å². The maximum absolute atomic E-state index is 15.3. The maximum Gasteiger partial charge on any atom is 0.249 e. The number of hydrogen-bond acceptors (Lipinski definition) is 8. The number of pyridine rings is 1. The minimum atomic E-state index is -0.592. The summed E-state index contributed by atoms with van der Waals surface area (Å²) in [6.07, 6.45) is 11.2. The largest absolute Gasteiger partial charge is 0.356 e. The number of piperidine rings is 2. The average molecular weight is 748 g/mol. The Balaban J connectivity index is 0.871. The molecule has 0 radical (unpaired) electrons. The van der Waals surface area contributed by atoms with Crippen molar-refractivity contribution in [2.24, 2.45) is 0 Å². The molecule has 0 saturated carbocycles. The summed E-state index contributed by atoms with van der Waals surface area (Å²) in [6.45, 7) is 2.90. The Kier molecular flexibility index (Phi) is 8.99. The third-order valence-corrected chi connectivity index (χ3v) is 11.4. The van der Waals surface area contributed by atoms with Gasteiger partial charge in [-0.3, -0.25) is 19.8 Å². The number of halogens is 3. The highest BCUT2D eigenvalue weighted by Gasteiger charge is 2.31. The Morgan fingerprint density at radius 1 is 0.873 bits per heavy atom. The van der Waals surface area contributed by atoms with Crippen molar-refractivity contribution in [2.45, 2.75) is 63.2 Å². The highest BCUT2D eigenvalue weighted by Crippen LogP contribution is 2.37. The van der Waals surface area contributed by atoms with Crippen molar-refractivity contribution < 1.29 is 22.8 Å². The van der Waals surface area contributed by atoms with Gasteiger partial charge < -0.3 is 14.4 Å². The van der Waals surface area contributed by atoms with Gasteiger partial charge in [-0.1, -0.05) is 12.1 Å². The Hall–Kier alpha value is -5.76. The van der Waals surface area contributed by atoms with Crippen LogP contribution in [0.3, 0.4) is 0 Å². The van der Waals surface area contributed by atoms with E-state index in [0.717, 1.165) is 72.9 Å². The molecule has 55 heavy (non-hydrogen) atoms. The fourth-order valence-corrected chi connectivity index (χ4v) is 8.56. The minimum Gasteiger partial charge on any atom is -0.356 e. The smallest absolute Gasteiger partial charge is 0.249 e. The first kappa shape index (κ1) is 35.0. The lowest BCUT2D eigenvalue weighted by molar-refractivity contribution is -0.135. The molecule has 2 amide bonds. The topological polar surface area (TPSA) is 104 Å². The molecular weight excluding hydrogens is 708 g/mol. The molecule has 2 aromatic carbocycles. The fourth-order valence-electron chi connectivity index (χ4n) is 8.56. The normalized spacial score (nSPS) is 19.7. The predicted molar refractivity (Wildman–Crippen MR) is 202 cm³/mol. The third kappa shape index (κ3) is 6.68. The van der Waals surface area contributed by atoms with Gasteiger partial charge in [0.15, 0.2) is 5.65 Å². The molecule has 3 fully saturated rings. The molecule has 282 valence electrons. The van der Waals surface area contributed by atoms with E-state index < -0.39 is 17.7 Å². The molecule has 14 heteroatoms. The molecule has 11 nitrogen and oxygen atoms in total. The SMILES string of the molecule is CN(Cc1cc(F)c2cn(C3CCC(=O)NC3=O)cc2c1)C1CCN(c2cccc(-c3cnn4ccc(N5CCC[C@@H]5c5ccc(F)cc5F)nc34)n2)CC1. The zero-order chi connectivity index (χ0) is 37.8. The monoisotopic (exact) mass is 747 g/mol. The zero-order valence-electron chi connectivity index (χ0n) is 30.3. The van der Waals surface area contributed by atoms with Crippen molar-refractivity contribution in [3.63, 3.8) is 0 Å². The number of aromatic nitrogens is 5. The van der Waals surface area contributed by atoms with Gasteiger partial charge in [-0.2, -0.15) is 5.10 Å². The van der Waals surface area contributed by atoms with E-state index in [1.165, 1.54) is 12.1 Å². The molecule has 1 N–H and O–H groups in total. The van der Waals surface area contributed by atoms with Crippen molar-refractivity contribution >= 4 is 39.9 Å². The third-order valence-electron chi connectivity index (χ3n) is 11.4. The Labute approximate surface area is 315 Å². The number of carbonyl (C=O) groups is 2. The first-order valence-electron chi connectivity index (χ1n) is 18.8. The predicted octanol–water partition coefficient (Wildman–Crippen LogP) is 6.58. The number of fused-ring (bicyclic) bond motifs is 2. The number of benzene rings is 2. The van der Waals surface area contributed by atoms with Gasteiger partial charge in [0.2, 0.25) is 11.8 Å². The highest BCUT2D eigenvalue weighted by atomic mass is 19.1. The molecule has 7 heterocycles. The molecular formula is C41H40F3N9O2. The second kappa shape index (κ2) is 14.1. The first-order chi connectivity index (χ1) is 26.7. The number of carbonyl (C=O) groups excluding carboxylic acids is 2. The number of nitrogens with zero attached hydrogens (tertiary/aromatic N) is 8. The van der Waals surface area contributed by atoms with E-state index in [2.05, 4.69) is 32.2 Å². The van der Waals surface area contributed by atoms with E-state index in [1.807, 2.05) is 36.5 Å². The first-order valence-corrected chi connectivity index (χ1v) is 18.8. The summed E-state index contributed by atoms with van der Waals surface area (Å²) in [5.41, 5.74) is 3.52. The van der Waals surface area contributed by atoms with Crippen molar-refractivity contribution in [1.82, 2.24) is 34.4 Å². The summed E-state index contributed by atoms with van der Waals surface area (Å²) < 4.78 is 47.2. The molecule has 3 aliphatic rings. The van der Waals surface area contributed by atoms with Crippen LogP contribution in [0.1, 0.15) is 61.7 Å². The van der Waals surface area contributed by atoms with Crippen molar-refractivity contribution in [3.8, 4) is 11.3 Å². The summed E-state index contributed by atoms with van der Waals surface area (Å²) in [6, 6.07) is 14.7. The van der Waals surface area contributed by atoms with E-state index in [0.29, 0.717) is 48.0 Å². The quantitative estimate of drug-likeness (QED) is 0.174. The fraction of sp³-hybridized carbons (Fsp3) is 0.341. The van der Waals surface area contributed by atoms with Crippen molar-refractivity contribution in [2.75, 3.05) is 36.5 Å². The maximum atomic E-state index is 15.3. The molecule has 0 spiro atoms. The van der Waals surface area contributed by atoms with E-state index in [4.69, 9.17) is 9.97 Å². The number of imide groups is 1. The van der Waals surface area contributed by atoms with Crippen LogP contribution < -0.4 is 15.1 Å². The second-order valence-electron chi connectivity index (χ2n) is 14.9. The molecule has 4 aromatic heterocycles. The van der Waals surface area contributed by atoms with Crippen LogP contribution >= 0.6 is 0 Å². The van der Waals surface area contributed by atoms with Crippen LogP contribution in [0.25, 0.3) is 27.7 Å². The summed E-state index contributed by atoms with van der Waals surface area (Å²) in [5.74, 6) is -0.531. The minimum absolute atomic E-state index is 0.241. The second-order valence-corrected chi connectivity index (χ2v) is 14.9. The van der Waals surface area contributed by atoms with Crippen LogP contribution in [0.15, 0.2) is 79.4 Å². The lowest BCUT2D eigenvalue weighted by atomic mass is 10.0. The van der Waals surface area contributed by atoms with Crippen LogP contribution in [0, 0.1) is 17.5 Å². The van der Waals surface area contributed by atoms with Gasteiger partial charge in [0.05, 0.1) is 23.5 Å². The lowest BCUT2D eigenvalue weighted by Crippen LogP contribution is -2.43. The molecule has 3 saturated heterocycles. The number of anilines is 2. The summed E-state index contributed by atoms with van der Waals surface area (Å²) >= 11 is 0. The molecule has 0 aliphatic carbocycles. The Morgan fingerprint density at radius 2 is 1.73 bits per heavy atom. The van der Waals surface area contributed by atoms with Crippen LogP contribution in [-0.2, 0) is 16.1 Å². The van der Waals surface area contributed by atoms with Gasteiger partial charge in [0.25, 0.3) is 0 Å². The van der Waals surface area contributed by atoms with Crippen molar-refractivity contribution in [1.29, 1.82) is 0 Å². The van der Waals surface area contributed by atoms with Crippen LogP contribution in [0.4, 0.5) is 24.8 Å². The molecule has 0 bridgehead atoms. The summed E-state index contributed by atoms with van der Waals surface area (Å²) in [5, 5.41) is 8.11. The number of nitrogens with one attached hydrogen (secondary N) is 1. The lowest BCUT2D eigenvalue weighted by Gasteiger charge is -2.37. The van der Waals surface area contributed by atoms with Gasteiger partial charge in [-0.15, -0.1) is 0 Å². The van der Waals surface area contributed by atoms with Gasteiger partial charge in [0, 0.05) is 79.6 Å². The molecule has 9 rings (SSSR count). The van der Waals surface area contributed by atoms with Crippen LogP contribution in [0.5, 0.6) is 0 Å². The Bertz CT molecular complexity index is 2440. The Morgan fingerprint density at radius 3 is 2.55 bits per heavy atom. The number of amides is 2. The van der Waals surface area contributed by atoms with Crippen LogP contribution in [0.2, 0.25) is 0 Å². The van der Waals surface area contributed by atoms with E-state index in [-0.39, 0.29) is 30.1 Å². The van der Waals surface area contributed by atoms with E-state index in [9.17, 15) is 18.4 Å². The van der Waals surface area contributed by atoms with Gasteiger partial charge >= 0.3 is 0 Å². The number of rotatable bonds is 8. The summed E-state index contributed by atoms with van der Waals surface area (Å²) in [7, 11) is 2.07. The molecule has 6 aromatic rings. The van der Waals surface area contributed by atoms with Crippen LogP contribution in [-0.4, -0.2) is 73.6 Å². The zero-order valence-corrected chi connectivity index (χ0v) is 30.3. The standard InChI is InChI=1S/C41H40F3N9O2/c1-49(22-25-18-26-23-51(24-31(26)32(43)19-25)36-9-10-39(54)48-41(36)55)28-11-15-50(16-12-28)37-6-2-4-34(46-37)30-21-45-53-17-13-38(47-40(30)53)52-14-3-5-35(52)29-8-7-27(42)20-33(29)44/h2,4,6-8,13,17-21,23-24,28,35-36H,3,5,9-12,14-16,22H2,1H3,(H,48,54,55)/t35-,36?/m1/s1. The van der Waals surface area contributed by atoms with E-state index in [1.54, 1.807) is 33.7 Å². The van der Waals surface area contributed by atoms with E-state index >= 15 is 4.39 Å². The molecule has 2 atom stereocenters. The highest BCUT2D eigenvalue weighted by molar-refractivity contribution is 5.99. The molecule has 1 unspecified atom stereocenters.